The van der Waals surface area contributed by atoms with E-state index in [0.29, 0.717) is 30.1 Å². The van der Waals surface area contributed by atoms with Gasteiger partial charge in [-0.1, -0.05) is 115 Å². The largest absolute Gasteiger partial charge is 0.490 e. The lowest BCUT2D eigenvalue weighted by Gasteiger charge is -2.50. The predicted molar refractivity (Wildman–Crippen MR) is 285 cm³/mol. The molecule has 0 aromatic heterocycles. The van der Waals surface area contributed by atoms with Crippen LogP contribution in [0.1, 0.15) is 112 Å². The molecular weight excluding hydrogens is 939 g/mol. The van der Waals surface area contributed by atoms with E-state index in [9.17, 15) is 29.1 Å². The lowest BCUT2D eigenvalue weighted by molar-refractivity contribution is -0.143. The fourth-order valence-corrected chi connectivity index (χ4v) is 20.6. The molecule has 5 unspecified atom stereocenters. The molecule has 2 aromatic carbocycles. The van der Waals surface area contributed by atoms with Gasteiger partial charge in [-0.15, -0.1) is 13.2 Å². The summed E-state index contributed by atoms with van der Waals surface area (Å²) in [5, 5.41) is 14.1. The van der Waals surface area contributed by atoms with Crippen LogP contribution in [0.2, 0.25) is 0 Å². The van der Waals surface area contributed by atoms with E-state index in [2.05, 4.69) is 99.9 Å². The molecule has 6 bridgehead atoms. The van der Waals surface area contributed by atoms with Crippen molar-refractivity contribution in [2.75, 3.05) is 0 Å². The molecule has 5 saturated carbocycles. The van der Waals surface area contributed by atoms with Gasteiger partial charge in [-0.2, -0.15) is 0 Å². The van der Waals surface area contributed by atoms with Crippen molar-refractivity contribution >= 4 is 29.2 Å². The molecule has 7 fully saturated rings. The number of Topliss-reactive ketones (excluding diaryl/α,β-unsaturated/α-hetero) is 3. The average Bonchev–Trinajstić information content (AvgIpc) is 3.87. The van der Waals surface area contributed by atoms with Crippen molar-refractivity contribution in [2.45, 2.75) is 144 Å². The van der Waals surface area contributed by atoms with E-state index < -0.39 is 57.7 Å². The van der Waals surface area contributed by atoms with Crippen molar-refractivity contribution in [3.8, 4) is 11.5 Å². The standard InChI is InChI=1S/C33H40O5.C32H39NO4/c1-7-30(5)14-19(4)24-23-26(30)28(35)33-22(34)16-32(36,29(33)38-33)15-20-8-10-21(11-9-20)37-27(23)25-18(3)12-17(2)13-31(24,25)6;1-7-31(5)15-18(4)24-23-26(31)27(34)22-21(29(35)33-30(22)36)13-19-8-10-20(11-9-19)37-28(23)25-17(3)12-16(2)14-32(24,25)6/h7-11,14,17-18,23-27,29,36H,1,12-13,15-16H2,2-6H3;7-11,15-17,21-26,28H,1,12-14H2,2-6H3,(H,33,35,36)/t17-,18+,23+,24-,25+,26?,27+,29+,30+,31+,32+,33+;16-,17+,21?,22-,23?,24?,25?,26+,28+,31+,32+/m11/s1. The highest BCUT2D eigenvalue weighted by atomic mass is 16.6. The third-order valence-corrected chi connectivity index (χ3v) is 22.5. The van der Waals surface area contributed by atoms with Crippen LogP contribution in [0, 0.1) is 105 Å². The van der Waals surface area contributed by atoms with Gasteiger partial charge < -0.3 is 19.3 Å². The highest BCUT2D eigenvalue weighted by molar-refractivity contribution is 6.18. The quantitative estimate of drug-likeness (QED) is 0.130. The Kier molecular flexibility index (Phi) is 11.4. The minimum absolute atomic E-state index is 0.0265. The number of benzene rings is 2. The molecule has 7 aliphatic carbocycles. The second-order valence-electron chi connectivity index (χ2n) is 27.6. The Balaban J connectivity index is 0.000000152. The summed E-state index contributed by atoms with van der Waals surface area (Å²) in [5.41, 5.74) is 0.134. The number of rotatable bonds is 2. The minimum atomic E-state index is -1.56. The van der Waals surface area contributed by atoms with Gasteiger partial charge >= 0.3 is 0 Å². The van der Waals surface area contributed by atoms with Crippen LogP contribution >= 0.6 is 0 Å². The smallest absolute Gasteiger partial charge is 0.237 e. The van der Waals surface area contributed by atoms with Gasteiger partial charge in [0.25, 0.3) is 0 Å². The van der Waals surface area contributed by atoms with Gasteiger partial charge in [-0.25, -0.2) is 0 Å². The Bertz CT molecular complexity index is 2880. The number of amides is 2. The van der Waals surface area contributed by atoms with Crippen LogP contribution in [0.25, 0.3) is 0 Å². The molecule has 0 radical (unpaired) electrons. The van der Waals surface area contributed by atoms with Crippen LogP contribution in [-0.2, 0) is 41.6 Å². The maximum absolute atomic E-state index is 14.9. The number of carbonyl (C=O) groups is 5. The van der Waals surface area contributed by atoms with Crippen molar-refractivity contribution in [1.29, 1.82) is 0 Å². The SMILES string of the molecule is C=C[C@@]1(C)C=C(C)C2C3[C@H](Oc4ccc(cc4)CC4C(=O)NC(=O)[C@H]4C(=O)[C@H]31)C1[C@@H](C)C[C@@H](C)C[C@@]21C.C=C[C@@]1(C)C=C(C)[C@@H]2[C@H]3C1C(=O)[C@]14O[C@H]1[C@@](O)(CC4=O)Cc1ccc(cc1)O[C@@H]3[C@@H]1[C@@H](C)C[C@@H](C)C[C@]12C. The van der Waals surface area contributed by atoms with Crippen LogP contribution in [0.4, 0.5) is 0 Å². The third kappa shape index (κ3) is 7.04. The number of carbonyl (C=O) groups excluding carboxylic acids is 5. The molecule has 2 saturated heterocycles. The maximum Gasteiger partial charge on any atom is 0.237 e. The lowest BCUT2D eigenvalue weighted by Crippen LogP contribution is -2.53. The first-order valence-corrected chi connectivity index (χ1v) is 28.4. The van der Waals surface area contributed by atoms with Crippen molar-refractivity contribution in [3.63, 3.8) is 0 Å². The molecule has 0 spiro atoms. The zero-order valence-corrected chi connectivity index (χ0v) is 45.8. The second kappa shape index (κ2) is 16.8. The van der Waals surface area contributed by atoms with Crippen LogP contribution in [0.15, 0.2) is 97.1 Å². The lowest BCUT2D eigenvalue weighted by atomic mass is 9.53. The molecule has 2 N–H and O–H groups in total. The molecule has 15 rings (SSSR count). The number of ether oxygens (including phenoxy) is 3. The highest BCUT2D eigenvalue weighted by Gasteiger charge is 2.82. The number of fused-ring (bicyclic) bond motifs is 8. The summed E-state index contributed by atoms with van der Waals surface area (Å²) in [4.78, 5) is 69.3. The molecule has 13 aliphatic rings. The first-order valence-electron chi connectivity index (χ1n) is 28.4. The Hall–Kier alpha value is -4.93. The minimum Gasteiger partial charge on any atom is -0.490 e. The zero-order valence-electron chi connectivity index (χ0n) is 45.8. The van der Waals surface area contributed by atoms with Crippen molar-refractivity contribution < 1.29 is 43.3 Å². The van der Waals surface area contributed by atoms with E-state index in [0.717, 1.165) is 48.3 Å². The Morgan fingerprint density at radius 3 is 1.61 bits per heavy atom. The van der Waals surface area contributed by atoms with E-state index in [1.165, 1.54) is 11.1 Å². The van der Waals surface area contributed by atoms with Crippen LogP contribution in [0.5, 0.6) is 11.5 Å². The van der Waals surface area contributed by atoms with E-state index in [-0.39, 0.29) is 94.6 Å². The summed E-state index contributed by atoms with van der Waals surface area (Å²) in [5.74, 6) is 0.235. The number of aliphatic hydroxyl groups is 1. The normalized spacial score (nSPS) is 49.5. The fourth-order valence-electron chi connectivity index (χ4n) is 20.6. The monoisotopic (exact) mass is 1020 g/mol. The van der Waals surface area contributed by atoms with Gasteiger partial charge in [0, 0.05) is 59.2 Å². The van der Waals surface area contributed by atoms with E-state index in [1.54, 1.807) is 0 Å². The first kappa shape index (κ1) is 50.9. The molecule has 398 valence electrons. The number of hydrogen-bond donors (Lipinski definition) is 2. The van der Waals surface area contributed by atoms with E-state index in [4.69, 9.17) is 14.2 Å². The van der Waals surface area contributed by atoms with Crippen molar-refractivity contribution in [1.82, 2.24) is 5.32 Å². The van der Waals surface area contributed by atoms with E-state index in [1.807, 2.05) is 60.7 Å². The third-order valence-electron chi connectivity index (χ3n) is 22.5. The summed E-state index contributed by atoms with van der Waals surface area (Å²) in [6, 6.07) is 15.9. The molecule has 75 heavy (non-hydrogen) atoms. The summed E-state index contributed by atoms with van der Waals surface area (Å²) in [7, 11) is 0. The molecule has 2 aromatic rings. The topological polar surface area (TPSA) is 149 Å². The van der Waals surface area contributed by atoms with Crippen LogP contribution in [-0.4, -0.2) is 63.8 Å². The molecule has 23 atom stereocenters. The molecule has 10 heteroatoms. The zero-order chi connectivity index (χ0) is 53.4. The second-order valence-corrected chi connectivity index (χ2v) is 27.6. The van der Waals surface area contributed by atoms with Crippen LogP contribution in [0.3, 0.4) is 0 Å². The number of epoxide rings is 1. The maximum atomic E-state index is 14.9. The highest BCUT2D eigenvalue weighted by Crippen LogP contribution is 2.71. The van der Waals surface area contributed by atoms with Gasteiger partial charge in [-0.3, -0.25) is 29.3 Å². The number of imide groups is 1. The van der Waals surface area contributed by atoms with Gasteiger partial charge in [-0.05, 0) is 128 Å². The van der Waals surface area contributed by atoms with Gasteiger partial charge in [0.2, 0.25) is 17.4 Å². The van der Waals surface area contributed by atoms with Crippen molar-refractivity contribution in [2.24, 2.45) is 105 Å². The summed E-state index contributed by atoms with van der Waals surface area (Å²) >= 11 is 0. The average molecular weight is 1020 g/mol. The predicted octanol–water partition coefficient (Wildman–Crippen LogP) is 10.3. The molecule has 2 amide bonds. The molecular formula is C65H79NO9. The first-order chi connectivity index (χ1) is 35.4. The molecule has 10 nitrogen and oxygen atoms in total. The number of hydrogen-bond acceptors (Lipinski definition) is 9. The van der Waals surface area contributed by atoms with Crippen LogP contribution < -0.4 is 14.8 Å². The Morgan fingerprint density at radius 2 is 1.12 bits per heavy atom. The summed E-state index contributed by atoms with van der Waals surface area (Å²) < 4.78 is 20.0. The number of ketones is 3. The van der Waals surface area contributed by atoms with Gasteiger partial charge in [0.1, 0.15) is 41.3 Å². The summed E-state index contributed by atoms with van der Waals surface area (Å²) in [6.07, 6.45) is 12.1. The Labute approximate surface area is 444 Å². The summed E-state index contributed by atoms with van der Waals surface area (Å²) in [6.45, 7) is 31.2. The van der Waals surface area contributed by atoms with Gasteiger partial charge in [0.05, 0.1) is 5.92 Å². The Morgan fingerprint density at radius 1 is 0.640 bits per heavy atom. The molecule has 6 heterocycles. The fraction of sp³-hybridized carbons (Fsp3) is 0.615. The number of nitrogens with one attached hydrogen (secondary N) is 1. The van der Waals surface area contributed by atoms with Crippen molar-refractivity contribution in [3.05, 3.63) is 108 Å². The molecule has 6 aliphatic heterocycles. The van der Waals surface area contributed by atoms with Gasteiger partial charge in [0.15, 0.2) is 17.3 Å². The number of allylic oxidation sites excluding steroid dienone is 6. The van der Waals surface area contributed by atoms with E-state index >= 15 is 0 Å².